The molecule has 2 aromatic carbocycles. The van der Waals surface area contributed by atoms with E-state index in [-0.39, 0.29) is 23.9 Å². The second kappa shape index (κ2) is 11.7. The number of hydrogen-bond acceptors (Lipinski definition) is 6. The highest BCUT2D eigenvalue weighted by atomic mass is 16.5. The molecule has 0 saturated carbocycles. The second-order valence-electron chi connectivity index (χ2n) is 11.2. The summed E-state index contributed by atoms with van der Waals surface area (Å²) in [5, 5.41) is 4.10. The number of nitrogens with one attached hydrogen (secondary N) is 1. The van der Waals surface area contributed by atoms with Crippen LogP contribution in [0.15, 0.2) is 48.8 Å². The van der Waals surface area contributed by atoms with Crippen LogP contribution >= 0.6 is 0 Å². The number of nitrogens with zero attached hydrogens (tertiary/aromatic N) is 5. The highest BCUT2D eigenvalue weighted by molar-refractivity contribution is 5.89. The molecule has 3 fully saturated rings. The summed E-state index contributed by atoms with van der Waals surface area (Å²) < 4.78 is 6.08. The number of piperidine rings is 1. The molecule has 9 heteroatoms. The minimum absolute atomic E-state index is 0.0488. The van der Waals surface area contributed by atoms with Crippen molar-refractivity contribution in [3.05, 3.63) is 54.5 Å². The van der Waals surface area contributed by atoms with E-state index in [1.165, 1.54) is 18.5 Å². The average molecular weight is 543 g/mol. The van der Waals surface area contributed by atoms with E-state index in [1.54, 1.807) is 13.3 Å². The third-order valence-electron chi connectivity index (χ3n) is 8.62. The number of aromatic nitrogens is 2. The zero-order chi connectivity index (χ0) is 27.5. The molecule has 9 nitrogen and oxygen atoms in total. The van der Waals surface area contributed by atoms with Crippen molar-refractivity contribution >= 4 is 34.2 Å². The molecule has 1 atom stereocenters. The average Bonchev–Trinajstić information content (AvgIpc) is 3.69. The van der Waals surface area contributed by atoms with Gasteiger partial charge in [0.15, 0.2) is 0 Å². The standard InChI is InChI=1S/C31H38N6O3/c1-22(38)37-16-4-5-26(37)20-40-27-10-11-28-29(19-27)32-21-33-30(28)23-12-17-36(18-13-23)31(39)34-24-6-8-25(9-7-24)35-14-2-3-15-35/h6-11,19,21,23,26H,2-5,12-18,20H2,1H3,(H,34,39)/t26-/m0/s1. The van der Waals surface area contributed by atoms with Crippen LogP contribution in [0.4, 0.5) is 16.2 Å². The predicted octanol–water partition coefficient (Wildman–Crippen LogP) is 5.03. The van der Waals surface area contributed by atoms with E-state index in [0.717, 1.165) is 73.4 Å². The van der Waals surface area contributed by atoms with Crippen molar-refractivity contribution in [2.75, 3.05) is 49.5 Å². The number of likely N-dealkylation sites (tertiary alicyclic amines) is 2. The monoisotopic (exact) mass is 542 g/mol. The van der Waals surface area contributed by atoms with Crippen molar-refractivity contribution in [1.29, 1.82) is 0 Å². The Morgan fingerprint density at radius 1 is 0.925 bits per heavy atom. The van der Waals surface area contributed by atoms with Crippen molar-refractivity contribution in [1.82, 2.24) is 19.8 Å². The number of amides is 3. The Bertz CT molecular complexity index is 1350. The molecule has 6 rings (SSSR count). The number of benzene rings is 2. The van der Waals surface area contributed by atoms with Gasteiger partial charge in [0.2, 0.25) is 5.91 Å². The highest BCUT2D eigenvalue weighted by Gasteiger charge is 2.28. The van der Waals surface area contributed by atoms with Crippen molar-refractivity contribution in [2.45, 2.75) is 57.4 Å². The van der Waals surface area contributed by atoms with E-state index in [4.69, 9.17) is 4.74 Å². The van der Waals surface area contributed by atoms with Gasteiger partial charge in [-0.25, -0.2) is 14.8 Å². The van der Waals surface area contributed by atoms with Gasteiger partial charge in [0.1, 0.15) is 18.7 Å². The lowest BCUT2D eigenvalue weighted by atomic mass is 9.91. The van der Waals surface area contributed by atoms with E-state index in [9.17, 15) is 9.59 Å². The van der Waals surface area contributed by atoms with Crippen LogP contribution in [0.2, 0.25) is 0 Å². The number of carbonyl (C=O) groups excluding carboxylic acids is 2. The number of anilines is 2. The maximum absolute atomic E-state index is 13.0. The van der Waals surface area contributed by atoms with Crippen LogP contribution in [-0.2, 0) is 4.79 Å². The smallest absolute Gasteiger partial charge is 0.321 e. The van der Waals surface area contributed by atoms with E-state index >= 15 is 0 Å². The first-order valence-electron chi connectivity index (χ1n) is 14.6. The molecule has 40 heavy (non-hydrogen) atoms. The van der Waals surface area contributed by atoms with Crippen LogP contribution in [0.1, 0.15) is 57.1 Å². The molecular weight excluding hydrogens is 504 g/mol. The zero-order valence-corrected chi connectivity index (χ0v) is 23.2. The molecule has 0 unspecified atom stereocenters. The summed E-state index contributed by atoms with van der Waals surface area (Å²) in [4.78, 5) is 40.2. The van der Waals surface area contributed by atoms with Gasteiger partial charge in [-0.2, -0.15) is 0 Å². The van der Waals surface area contributed by atoms with Gasteiger partial charge in [0.25, 0.3) is 0 Å². The molecule has 210 valence electrons. The van der Waals surface area contributed by atoms with Gasteiger partial charge in [0, 0.05) is 68.4 Å². The number of rotatable bonds is 6. The minimum Gasteiger partial charge on any atom is -0.491 e. The Morgan fingerprint density at radius 3 is 2.45 bits per heavy atom. The van der Waals surface area contributed by atoms with Gasteiger partial charge < -0.3 is 24.8 Å². The lowest BCUT2D eigenvalue weighted by Crippen LogP contribution is -2.40. The molecule has 0 spiro atoms. The Hall–Kier alpha value is -3.88. The van der Waals surface area contributed by atoms with Crippen LogP contribution in [0.25, 0.3) is 10.9 Å². The van der Waals surface area contributed by atoms with Crippen molar-refractivity contribution in [2.24, 2.45) is 0 Å². The van der Waals surface area contributed by atoms with Crippen molar-refractivity contribution in [3.8, 4) is 5.75 Å². The van der Waals surface area contributed by atoms with E-state index in [2.05, 4.69) is 32.3 Å². The minimum atomic E-state index is -0.0488. The molecule has 3 aromatic rings. The number of carbonyl (C=O) groups is 2. The van der Waals surface area contributed by atoms with Crippen LogP contribution < -0.4 is 15.0 Å². The third kappa shape index (κ3) is 5.69. The quantitative estimate of drug-likeness (QED) is 0.470. The van der Waals surface area contributed by atoms with Gasteiger partial charge >= 0.3 is 6.03 Å². The fraction of sp³-hybridized carbons (Fsp3) is 0.484. The summed E-state index contributed by atoms with van der Waals surface area (Å²) in [6.07, 6.45) is 7.83. The lowest BCUT2D eigenvalue weighted by molar-refractivity contribution is -0.130. The number of ether oxygens (including phenoxy) is 1. The fourth-order valence-electron chi connectivity index (χ4n) is 6.38. The van der Waals surface area contributed by atoms with Gasteiger partial charge in [0.05, 0.1) is 17.3 Å². The molecule has 1 N–H and O–H groups in total. The molecule has 3 aliphatic heterocycles. The Balaban J connectivity index is 1.04. The van der Waals surface area contributed by atoms with Crippen molar-refractivity contribution < 1.29 is 14.3 Å². The summed E-state index contributed by atoms with van der Waals surface area (Å²) in [5.74, 6) is 1.13. The summed E-state index contributed by atoms with van der Waals surface area (Å²) in [5.41, 5.74) is 3.94. The number of urea groups is 1. The highest BCUT2D eigenvalue weighted by Crippen LogP contribution is 2.33. The summed E-state index contributed by atoms with van der Waals surface area (Å²) in [6.45, 7) is 6.51. The lowest BCUT2D eigenvalue weighted by Gasteiger charge is -2.32. The number of fused-ring (bicyclic) bond motifs is 1. The SMILES string of the molecule is CC(=O)N1CCC[C@H]1COc1ccc2c(C3CCN(C(=O)Nc4ccc(N5CCCC5)cc4)CC3)ncnc2c1. The Labute approximate surface area is 235 Å². The molecule has 3 amide bonds. The van der Waals surface area contributed by atoms with Crippen molar-refractivity contribution in [3.63, 3.8) is 0 Å². The summed E-state index contributed by atoms with van der Waals surface area (Å²) in [7, 11) is 0. The zero-order valence-electron chi connectivity index (χ0n) is 23.2. The summed E-state index contributed by atoms with van der Waals surface area (Å²) in [6, 6.07) is 14.2. The van der Waals surface area contributed by atoms with Crippen LogP contribution in [-0.4, -0.2) is 77.1 Å². The van der Waals surface area contributed by atoms with Gasteiger partial charge in [-0.3, -0.25) is 4.79 Å². The predicted molar refractivity (Wildman–Crippen MR) is 156 cm³/mol. The molecule has 0 aliphatic carbocycles. The van der Waals surface area contributed by atoms with E-state index < -0.39 is 0 Å². The normalized spacial score (nSPS) is 19.8. The van der Waals surface area contributed by atoms with Crippen LogP contribution in [0, 0.1) is 0 Å². The van der Waals surface area contributed by atoms with Gasteiger partial charge in [-0.05, 0) is 74.9 Å². The van der Waals surface area contributed by atoms with Crippen LogP contribution in [0.5, 0.6) is 5.75 Å². The Kier molecular flexibility index (Phi) is 7.71. The first kappa shape index (κ1) is 26.3. The van der Waals surface area contributed by atoms with Gasteiger partial charge in [-0.1, -0.05) is 0 Å². The first-order valence-corrected chi connectivity index (χ1v) is 14.6. The topological polar surface area (TPSA) is 90.9 Å². The summed E-state index contributed by atoms with van der Waals surface area (Å²) >= 11 is 0. The molecule has 0 bridgehead atoms. The first-order chi connectivity index (χ1) is 19.5. The molecular formula is C31H38N6O3. The molecule has 3 aliphatic rings. The fourth-order valence-corrected chi connectivity index (χ4v) is 6.38. The number of hydrogen-bond donors (Lipinski definition) is 1. The van der Waals surface area contributed by atoms with E-state index in [1.807, 2.05) is 40.1 Å². The largest absolute Gasteiger partial charge is 0.491 e. The second-order valence-corrected chi connectivity index (χ2v) is 11.2. The molecule has 0 radical (unpaired) electrons. The third-order valence-corrected chi connectivity index (χ3v) is 8.62. The van der Waals surface area contributed by atoms with E-state index in [0.29, 0.717) is 19.7 Å². The van der Waals surface area contributed by atoms with Gasteiger partial charge in [-0.15, -0.1) is 0 Å². The maximum Gasteiger partial charge on any atom is 0.321 e. The Morgan fingerprint density at radius 2 is 1.70 bits per heavy atom. The van der Waals surface area contributed by atoms with Crippen LogP contribution in [0.3, 0.4) is 0 Å². The molecule has 1 aromatic heterocycles. The molecule has 4 heterocycles. The maximum atomic E-state index is 13.0. The molecule has 3 saturated heterocycles.